The normalized spacial score (nSPS) is 54.5. The van der Waals surface area contributed by atoms with Crippen molar-refractivity contribution in [1.82, 2.24) is 0 Å². The summed E-state index contributed by atoms with van der Waals surface area (Å²) >= 11 is 0. The van der Waals surface area contributed by atoms with Crippen molar-refractivity contribution in [2.24, 2.45) is 34.5 Å². The highest BCUT2D eigenvalue weighted by atomic mass is 16.3. The van der Waals surface area contributed by atoms with Gasteiger partial charge >= 0.3 is 0 Å². The first-order chi connectivity index (χ1) is 10.9. The largest absolute Gasteiger partial charge is 0.515 e. The molecule has 128 valence electrons. The molecule has 0 aromatic heterocycles. The van der Waals surface area contributed by atoms with Crippen molar-refractivity contribution in [2.75, 3.05) is 0 Å². The zero-order valence-electron chi connectivity index (χ0n) is 14.4. The van der Waals surface area contributed by atoms with E-state index in [1.165, 1.54) is 12.8 Å². The molecule has 4 rings (SSSR count). The molecule has 0 heterocycles. The second-order valence-electron chi connectivity index (χ2n) is 9.23. The molecule has 0 amide bonds. The highest BCUT2D eigenvalue weighted by Gasteiger charge is 2.61. The third-order valence-electron chi connectivity index (χ3n) is 8.43. The molecule has 7 atom stereocenters. The van der Waals surface area contributed by atoms with E-state index in [4.69, 9.17) is 0 Å². The SMILES string of the molecule is C[C@]12CC[C@@H](O)C[C@@H]1CC[C@@H]1[C@@H]2CC[C@]2(C)C(=O)/C(=C/O)C[C@@H]12. The van der Waals surface area contributed by atoms with Crippen LogP contribution in [0.3, 0.4) is 0 Å². The van der Waals surface area contributed by atoms with Gasteiger partial charge in [-0.05, 0) is 80.5 Å². The molecule has 0 radical (unpaired) electrons. The number of rotatable bonds is 0. The maximum absolute atomic E-state index is 12.7. The van der Waals surface area contributed by atoms with E-state index in [0.29, 0.717) is 34.7 Å². The van der Waals surface area contributed by atoms with Crippen molar-refractivity contribution in [3.05, 3.63) is 11.8 Å². The monoisotopic (exact) mass is 318 g/mol. The summed E-state index contributed by atoms with van der Waals surface area (Å²) in [6.07, 6.45) is 9.32. The van der Waals surface area contributed by atoms with Crippen LogP contribution in [-0.2, 0) is 4.79 Å². The quantitative estimate of drug-likeness (QED) is 0.524. The minimum absolute atomic E-state index is 0.101. The number of carbonyl (C=O) groups excluding carboxylic acids is 1. The highest BCUT2D eigenvalue weighted by molar-refractivity contribution is 6.02. The molecule has 0 aliphatic heterocycles. The van der Waals surface area contributed by atoms with Gasteiger partial charge in [-0.1, -0.05) is 13.8 Å². The Morgan fingerprint density at radius 2 is 1.87 bits per heavy atom. The Bertz CT molecular complexity index is 553. The molecule has 3 heteroatoms. The number of Topliss-reactive ketones (excluding diaryl/α,β-unsaturated/α-hetero) is 1. The van der Waals surface area contributed by atoms with E-state index in [-0.39, 0.29) is 17.3 Å². The Kier molecular flexibility index (Phi) is 3.46. The van der Waals surface area contributed by atoms with Gasteiger partial charge < -0.3 is 10.2 Å². The molecule has 0 aromatic carbocycles. The molecule has 0 aromatic rings. The third kappa shape index (κ3) is 2.01. The predicted molar refractivity (Wildman–Crippen MR) is 88.8 cm³/mol. The van der Waals surface area contributed by atoms with Gasteiger partial charge in [0, 0.05) is 11.0 Å². The summed E-state index contributed by atoms with van der Waals surface area (Å²) in [7, 11) is 0. The van der Waals surface area contributed by atoms with Crippen LogP contribution in [0.25, 0.3) is 0 Å². The number of aliphatic hydroxyl groups is 2. The summed E-state index contributed by atoms with van der Waals surface area (Å²) in [5, 5.41) is 19.5. The molecule has 0 saturated heterocycles. The third-order valence-corrected chi connectivity index (χ3v) is 8.43. The Morgan fingerprint density at radius 3 is 2.61 bits per heavy atom. The van der Waals surface area contributed by atoms with Crippen LogP contribution in [0.15, 0.2) is 11.8 Å². The molecule has 3 nitrogen and oxygen atoms in total. The van der Waals surface area contributed by atoms with Gasteiger partial charge in [-0.3, -0.25) is 4.79 Å². The molecule has 23 heavy (non-hydrogen) atoms. The summed E-state index contributed by atoms with van der Waals surface area (Å²) in [4.78, 5) is 12.7. The standard InChI is InChI=1S/C20H30O3/c1-19-7-5-14(22)10-13(19)3-4-15-16(19)6-8-20(2)17(15)9-12(11-21)18(20)23/h11,13-17,21-22H,3-10H2,1-2H3/b12-11+/t13-,14+,15+,16-,17-,19-,20-/m0/s1. The fourth-order valence-corrected chi connectivity index (χ4v) is 7.02. The average molecular weight is 318 g/mol. The van der Waals surface area contributed by atoms with Crippen LogP contribution in [0, 0.1) is 34.5 Å². The molecule has 0 spiro atoms. The molecule has 4 saturated carbocycles. The Balaban J connectivity index is 1.66. The van der Waals surface area contributed by atoms with E-state index in [0.717, 1.165) is 44.8 Å². The number of aliphatic hydroxyl groups excluding tert-OH is 2. The molecule has 4 aliphatic carbocycles. The number of hydrogen-bond donors (Lipinski definition) is 2. The lowest BCUT2D eigenvalue weighted by molar-refractivity contribution is -0.141. The Morgan fingerprint density at radius 1 is 1.09 bits per heavy atom. The van der Waals surface area contributed by atoms with Crippen molar-refractivity contribution in [1.29, 1.82) is 0 Å². The van der Waals surface area contributed by atoms with E-state index in [1.807, 2.05) is 0 Å². The van der Waals surface area contributed by atoms with E-state index < -0.39 is 0 Å². The zero-order valence-corrected chi connectivity index (χ0v) is 14.4. The van der Waals surface area contributed by atoms with Crippen molar-refractivity contribution >= 4 is 5.78 Å². The Hall–Kier alpha value is -0.830. The molecular formula is C20H30O3. The van der Waals surface area contributed by atoms with E-state index in [2.05, 4.69) is 13.8 Å². The highest BCUT2D eigenvalue weighted by Crippen LogP contribution is 2.65. The maximum Gasteiger partial charge on any atom is 0.168 e. The van der Waals surface area contributed by atoms with Gasteiger partial charge in [0.25, 0.3) is 0 Å². The lowest BCUT2D eigenvalue weighted by Gasteiger charge is -2.59. The van der Waals surface area contributed by atoms with E-state index in [1.54, 1.807) is 0 Å². The molecule has 2 N–H and O–H groups in total. The molecule has 4 fully saturated rings. The maximum atomic E-state index is 12.7. The molecular weight excluding hydrogens is 288 g/mol. The average Bonchev–Trinajstić information content (AvgIpc) is 2.79. The first-order valence-electron chi connectivity index (χ1n) is 9.46. The number of hydrogen-bond acceptors (Lipinski definition) is 3. The van der Waals surface area contributed by atoms with Crippen molar-refractivity contribution in [2.45, 2.75) is 71.3 Å². The van der Waals surface area contributed by atoms with Crippen LogP contribution < -0.4 is 0 Å². The van der Waals surface area contributed by atoms with Gasteiger partial charge in [0.1, 0.15) is 0 Å². The van der Waals surface area contributed by atoms with Gasteiger partial charge in [-0.15, -0.1) is 0 Å². The van der Waals surface area contributed by atoms with Crippen LogP contribution in [0.4, 0.5) is 0 Å². The second kappa shape index (κ2) is 5.08. The lowest BCUT2D eigenvalue weighted by Crippen LogP contribution is -2.54. The van der Waals surface area contributed by atoms with Crippen LogP contribution in [-0.4, -0.2) is 22.1 Å². The van der Waals surface area contributed by atoms with Crippen molar-refractivity contribution in [3.63, 3.8) is 0 Å². The number of fused-ring (bicyclic) bond motifs is 5. The van der Waals surface area contributed by atoms with Crippen LogP contribution in [0.2, 0.25) is 0 Å². The Labute approximate surface area is 139 Å². The van der Waals surface area contributed by atoms with Crippen LogP contribution in [0.1, 0.15) is 65.2 Å². The zero-order chi connectivity index (χ0) is 16.4. The fraction of sp³-hybridized carbons (Fsp3) is 0.850. The molecule has 4 aliphatic rings. The van der Waals surface area contributed by atoms with Gasteiger partial charge in [0.05, 0.1) is 12.4 Å². The van der Waals surface area contributed by atoms with Crippen LogP contribution in [0.5, 0.6) is 0 Å². The summed E-state index contributed by atoms with van der Waals surface area (Å²) in [5.74, 6) is 2.58. The topological polar surface area (TPSA) is 57.5 Å². The first-order valence-corrected chi connectivity index (χ1v) is 9.46. The summed E-state index contributed by atoms with van der Waals surface area (Å²) in [6.45, 7) is 4.61. The van der Waals surface area contributed by atoms with Gasteiger partial charge in [-0.2, -0.15) is 0 Å². The van der Waals surface area contributed by atoms with Crippen LogP contribution >= 0.6 is 0 Å². The minimum atomic E-state index is -0.243. The summed E-state index contributed by atoms with van der Waals surface area (Å²) in [6, 6.07) is 0. The van der Waals surface area contributed by atoms with Crippen molar-refractivity contribution < 1.29 is 15.0 Å². The predicted octanol–water partition coefficient (Wildman–Crippen LogP) is 4.01. The second-order valence-corrected chi connectivity index (χ2v) is 9.23. The smallest absolute Gasteiger partial charge is 0.168 e. The van der Waals surface area contributed by atoms with Crippen molar-refractivity contribution in [3.8, 4) is 0 Å². The number of allylic oxidation sites excluding steroid dienone is 1. The number of ketones is 1. The van der Waals surface area contributed by atoms with E-state index in [9.17, 15) is 15.0 Å². The first kappa shape index (κ1) is 15.7. The van der Waals surface area contributed by atoms with Gasteiger partial charge in [0.2, 0.25) is 0 Å². The van der Waals surface area contributed by atoms with Gasteiger partial charge in [-0.25, -0.2) is 0 Å². The molecule has 0 unspecified atom stereocenters. The number of carbonyl (C=O) groups is 1. The van der Waals surface area contributed by atoms with Gasteiger partial charge in [0.15, 0.2) is 5.78 Å². The molecule has 0 bridgehead atoms. The summed E-state index contributed by atoms with van der Waals surface area (Å²) in [5.41, 5.74) is 0.759. The summed E-state index contributed by atoms with van der Waals surface area (Å²) < 4.78 is 0. The fourth-order valence-electron chi connectivity index (χ4n) is 7.02. The lowest BCUT2D eigenvalue weighted by atomic mass is 9.45. The minimum Gasteiger partial charge on any atom is -0.515 e. The van der Waals surface area contributed by atoms with E-state index >= 15 is 0 Å².